The van der Waals surface area contributed by atoms with Gasteiger partial charge in [0.25, 0.3) is 0 Å². The van der Waals surface area contributed by atoms with Gasteiger partial charge in [-0.05, 0) is 0 Å². The Morgan fingerprint density at radius 1 is 0.794 bits per heavy atom. The Labute approximate surface area is 210 Å². The molecule has 0 aliphatic heterocycles. The SMILES string of the molecule is CC(=O)Nc1ccc2c(c1)C(P(Br)(c1ccccc1)(c1ccccc1)c1ccccc1)CCC2. The monoisotopic (exact) mass is 529 g/mol. The van der Waals surface area contributed by atoms with Crippen molar-refractivity contribution in [3.05, 3.63) is 120 Å². The summed E-state index contributed by atoms with van der Waals surface area (Å²) in [5, 5.41) is 3.84. The van der Waals surface area contributed by atoms with Gasteiger partial charge in [-0.15, -0.1) is 0 Å². The molecule has 0 spiro atoms. The van der Waals surface area contributed by atoms with Crippen molar-refractivity contribution < 1.29 is 4.79 Å². The number of nitrogens with one attached hydrogen (secondary N) is 1. The summed E-state index contributed by atoms with van der Waals surface area (Å²) in [6.45, 7) is 1.57. The molecular weight excluding hydrogens is 501 g/mol. The number of amides is 1. The van der Waals surface area contributed by atoms with E-state index < -0.39 is 5.31 Å². The van der Waals surface area contributed by atoms with Crippen LogP contribution in [0.2, 0.25) is 0 Å². The van der Waals surface area contributed by atoms with Crippen molar-refractivity contribution >= 4 is 48.3 Å². The van der Waals surface area contributed by atoms with Crippen LogP contribution in [0.15, 0.2) is 109 Å². The van der Waals surface area contributed by atoms with E-state index in [1.807, 2.05) is 6.07 Å². The third-order valence-corrected chi connectivity index (χ3v) is 17.9. The van der Waals surface area contributed by atoms with Crippen molar-refractivity contribution in [2.75, 3.05) is 5.32 Å². The van der Waals surface area contributed by atoms with E-state index in [0.717, 1.165) is 24.9 Å². The van der Waals surface area contributed by atoms with Gasteiger partial charge in [0.2, 0.25) is 0 Å². The van der Waals surface area contributed by atoms with Crippen molar-refractivity contribution in [2.45, 2.75) is 31.8 Å². The number of anilines is 1. The third kappa shape index (κ3) is 3.63. The first-order valence-electron chi connectivity index (χ1n) is 11.8. The standard InChI is InChI=1S/C30H29BrNOP/c1-23(33)32-25-21-20-24-12-11-19-30(29(24)22-25)34(31,26-13-5-2-6-14-26,27-15-7-3-8-16-27)28-17-9-4-10-18-28/h2-10,13-18,20-22,30H,11-12,19H2,1H3,(H,32,33). The predicted octanol–water partition coefficient (Wildman–Crippen LogP) is 6.86. The van der Waals surface area contributed by atoms with Gasteiger partial charge in [0.1, 0.15) is 0 Å². The quantitative estimate of drug-likeness (QED) is 0.281. The fourth-order valence-corrected chi connectivity index (χ4v) is 14.8. The van der Waals surface area contributed by atoms with Crippen LogP contribution in [0.25, 0.3) is 0 Å². The van der Waals surface area contributed by atoms with Crippen molar-refractivity contribution in [1.82, 2.24) is 0 Å². The first kappa shape index (κ1) is 23.0. The summed E-state index contributed by atoms with van der Waals surface area (Å²) in [7, 11) is 0. The van der Waals surface area contributed by atoms with Gasteiger partial charge < -0.3 is 0 Å². The topological polar surface area (TPSA) is 29.1 Å². The Balaban J connectivity index is 1.89. The molecule has 0 radical (unpaired) electrons. The van der Waals surface area contributed by atoms with Crippen LogP contribution in [0.5, 0.6) is 0 Å². The average molecular weight is 530 g/mol. The Hall–Kier alpha value is -2.74. The summed E-state index contributed by atoms with van der Waals surface area (Å²) in [4.78, 5) is 11.9. The molecule has 1 atom stereocenters. The van der Waals surface area contributed by atoms with Crippen LogP contribution >= 0.6 is 20.8 Å². The van der Waals surface area contributed by atoms with Gasteiger partial charge in [-0.2, -0.15) is 0 Å². The molecule has 0 saturated heterocycles. The third-order valence-electron chi connectivity index (χ3n) is 7.12. The van der Waals surface area contributed by atoms with Gasteiger partial charge >= 0.3 is 211 Å². The molecule has 1 aliphatic carbocycles. The van der Waals surface area contributed by atoms with Crippen LogP contribution in [0.3, 0.4) is 0 Å². The van der Waals surface area contributed by atoms with Crippen molar-refractivity contribution in [2.24, 2.45) is 0 Å². The van der Waals surface area contributed by atoms with Crippen LogP contribution in [0, 0.1) is 0 Å². The summed E-state index contributed by atoms with van der Waals surface area (Å²) in [6.07, 6.45) is 3.26. The Kier molecular flexibility index (Phi) is 6.18. The zero-order valence-electron chi connectivity index (χ0n) is 19.3. The van der Waals surface area contributed by atoms with E-state index in [0.29, 0.717) is 0 Å². The first-order chi connectivity index (χ1) is 16.5. The molecule has 2 nitrogen and oxygen atoms in total. The summed E-state index contributed by atoms with van der Waals surface area (Å²) >= 11 is 4.67. The number of halogens is 1. The van der Waals surface area contributed by atoms with E-state index in [4.69, 9.17) is 0 Å². The maximum absolute atomic E-state index is 11.9. The van der Waals surface area contributed by atoms with Crippen LogP contribution in [-0.2, 0) is 11.2 Å². The zero-order valence-corrected chi connectivity index (χ0v) is 21.8. The number of benzene rings is 4. The molecule has 0 fully saturated rings. The molecule has 0 bridgehead atoms. The maximum atomic E-state index is 11.9. The van der Waals surface area contributed by atoms with Crippen molar-refractivity contribution in [3.8, 4) is 0 Å². The number of hydrogen-bond donors (Lipinski definition) is 1. The summed E-state index contributed by atoms with van der Waals surface area (Å²) in [5.41, 5.74) is 3.81. The molecule has 0 saturated carbocycles. The van der Waals surface area contributed by atoms with E-state index in [1.54, 1.807) is 6.92 Å². The molecule has 5 rings (SSSR count). The Morgan fingerprint density at radius 2 is 1.29 bits per heavy atom. The molecule has 1 N–H and O–H groups in total. The molecule has 34 heavy (non-hydrogen) atoms. The minimum absolute atomic E-state index is 0.0437. The molecule has 4 aromatic rings. The zero-order chi connectivity index (χ0) is 23.6. The summed E-state index contributed by atoms with van der Waals surface area (Å²) in [6, 6.07) is 39.4. The number of fused-ring (bicyclic) bond motifs is 1. The van der Waals surface area contributed by atoms with Crippen LogP contribution in [0.1, 0.15) is 36.6 Å². The van der Waals surface area contributed by atoms with Crippen LogP contribution < -0.4 is 21.2 Å². The number of aryl methyl sites for hydroxylation is 1. The van der Waals surface area contributed by atoms with Crippen molar-refractivity contribution in [1.29, 1.82) is 0 Å². The fraction of sp³-hybridized carbons (Fsp3) is 0.167. The number of hydrogen-bond acceptors (Lipinski definition) is 1. The van der Waals surface area contributed by atoms with Crippen LogP contribution in [0.4, 0.5) is 5.69 Å². The van der Waals surface area contributed by atoms with Crippen molar-refractivity contribution in [3.63, 3.8) is 0 Å². The van der Waals surface area contributed by atoms with Gasteiger partial charge in [-0.1, -0.05) is 0 Å². The average Bonchev–Trinajstić information content (AvgIpc) is 2.89. The van der Waals surface area contributed by atoms with Crippen LogP contribution in [-0.4, -0.2) is 5.91 Å². The van der Waals surface area contributed by atoms with E-state index in [1.165, 1.54) is 27.0 Å². The number of carbonyl (C=O) groups is 1. The molecular formula is C30H29BrNOP. The normalized spacial score (nSPS) is 16.6. The Bertz CT molecular complexity index is 1210. The molecule has 172 valence electrons. The fourth-order valence-electron chi connectivity index (χ4n) is 5.70. The Morgan fingerprint density at radius 3 is 1.76 bits per heavy atom. The van der Waals surface area contributed by atoms with E-state index in [9.17, 15) is 4.79 Å². The molecule has 1 unspecified atom stereocenters. The molecule has 0 aromatic heterocycles. The molecule has 4 aromatic carbocycles. The number of carbonyl (C=O) groups excluding carboxylic acids is 1. The van der Waals surface area contributed by atoms with E-state index in [-0.39, 0.29) is 11.6 Å². The van der Waals surface area contributed by atoms with Gasteiger partial charge in [0, 0.05) is 0 Å². The molecule has 1 amide bonds. The molecule has 4 heteroatoms. The van der Waals surface area contributed by atoms with Gasteiger partial charge in [0.15, 0.2) is 0 Å². The predicted molar refractivity (Wildman–Crippen MR) is 150 cm³/mol. The second-order valence-electron chi connectivity index (χ2n) is 9.08. The second kappa shape index (κ2) is 9.13. The van der Waals surface area contributed by atoms with E-state index >= 15 is 0 Å². The minimum atomic E-state index is -3.17. The van der Waals surface area contributed by atoms with Gasteiger partial charge in [-0.3, -0.25) is 0 Å². The molecule has 0 heterocycles. The second-order valence-corrected chi connectivity index (χ2v) is 17.8. The number of rotatable bonds is 5. The first-order valence-corrected chi connectivity index (χ1v) is 16.1. The molecule has 1 aliphatic rings. The summed E-state index contributed by atoms with van der Waals surface area (Å²) in [5.74, 6) is -0.0437. The van der Waals surface area contributed by atoms with Gasteiger partial charge in [0.05, 0.1) is 0 Å². The van der Waals surface area contributed by atoms with E-state index in [2.05, 4.69) is 124 Å². The summed E-state index contributed by atoms with van der Waals surface area (Å²) < 4.78 is 0. The van der Waals surface area contributed by atoms with Gasteiger partial charge in [-0.25, -0.2) is 0 Å².